The van der Waals surface area contributed by atoms with E-state index in [1.165, 1.54) is 0 Å². The fraction of sp³-hybridized carbons (Fsp3) is 0.294. The van der Waals surface area contributed by atoms with Gasteiger partial charge in [0.1, 0.15) is 5.75 Å². The van der Waals surface area contributed by atoms with Gasteiger partial charge in [0.2, 0.25) is 0 Å². The second-order valence-electron chi connectivity index (χ2n) is 4.75. The van der Waals surface area contributed by atoms with E-state index in [4.69, 9.17) is 4.74 Å². The largest absolute Gasteiger partial charge is 0.497 e. The molecule has 0 heterocycles. The molecule has 0 saturated carbocycles. The number of carboxylic acids is 1. The Morgan fingerprint density at radius 3 is 2.38 bits per heavy atom. The standard InChI is InChI=1S/C17H20O4/c1-4-5-12(2)10-14(17(19)20)11-16(18)13-6-8-15(21-3)9-7-13/h4-9,14H,2,10-11H2,1,3H3,(H,19,20). The molecule has 4 heteroatoms. The van der Waals surface area contributed by atoms with Gasteiger partial charge >= 0.3 is 5.97 Å². The molecule has 0 radical (unpaired) electrons. The van der Waals surface area contributed by atoms with Crippen molar-refractivity contribution in [3.05, 3.63) is 54.1 Å². The second-order valence-corrected chi connectivity index (χ2v) is 4.75. The molecule has 1 aromatic carbocycles. The molecule has 0 saturated heterocycles. The molecule has 0 fully saturated rings. The highest BCUT2D eigenvalue weighted by molar-refractivity contribution is 5.98. The number of ketones is 1. The zero-order chi connectivity index (χ0) is 15.8. The van der Waals surface area contributed by atoms with Gasteiger partial charge in [-0.3, -0.25) is 9.59 Å². The Labute approximate surface area is 124 Å². The zero-order valence-corrected chi connectivity index (χ0v) is 12.3. The second kappa shape index (κ2) is 8.04. The SMILES string of the molecule is C=C(C=CC)CC(CC(=O)c1ccc(OC)cc1)C(=O)O. The van der Waals surface area contributed by atoms with Gasteiger partial charge in [0, 0.05) is 12.0 Å². The summed E-state index contributed by atoms with van der Waals surface area (Å²) in [6.45, 7) is 5.63. The van der Waals surface area contributed by atoms with Crippen molar-refractivity contribution in [1.29, 1.82) is 0 Å². The van der Waals surface area contributed by atoms with E-state index >= 15 is 0 Å². The molecule has 0 aliphatic carbocycles. The third-order valence-electron chi connectivity index (χ3n) is 3.10. The predicted molar refractivity (Wildman–Crippen MR) is 81.6 cm³/mol. The van der Waals surface area contributed by atoms with Crippen LogP contribution < -0.4 is 4.74 Å². The Morgan fingerprint density at radius 1 is 1.29 bits per heavy atom. The number of hydrogen-bond acceptors (Lipinski definition) is 3. The van der Waals surface area contributed by atoms with E-state index in [0.717, 1.165) is 0 Å². The van der Waals surface area contributed by atoms with Gasteiger partial charge in [-0.05, 0) is 37.6 Å². The molecule has 1 atom stereocenters. The van der Waals surface area contributed by atoms with Crippen LogP contribution in [0.2, 0.25) is 0 Å². The molecule has 1 unspecified atom stereocenters. The summed E-state index contributed by atoms with van der Waals surface area (Å²) in [5.41, 5.74) is 1.19. The molecule has 1 rings (SSSR count). The number of Topliss-reactive ketones (excluding diaryl/α,β-unsaturated/α-hetero) is 1. The third kappa shape index (κ3) is 5.26. The monoisotopic (exact) mass is 288 g/mol. The zero-order valence-electron chi connectivity index (χ0n) is 12.3. The minimum atomic E-state index is -0.984. The first-order valence-electron chi connectivity index (χ1n) is 6.68. The maximum atomic E-state index is 12.1. The first-order valence-corrected chi connectivity index (χ1v) is 6.68. The molecule has 0 aromatic heterocycles. The minimum Gasteiger partial charge on any atom is -0.497 e. The highest BCUT2D eigenvalue weighted by atomic mass is 16.5. The molecular weight excluding hydrogens is 268 g/mol. The van der Waals surface area contributed by atoms with Crippen LogP contribution in [0.15, 0.2) is 48.6 Å². The van der Waals surface area contributed by atoms with Crippen LogP contribution in [-0.4, -0.2) is 24.0 Å². The summed E-state index contributed by atoms with van der Waals surface area (Å²) in [4.78, 5) is 23.4. The van der Waals surface area contributed by atoms with Crippen LogP contribution in [-0.2, 0) is 4.79 Å². The lowest BCUT2D eigenvalue weighted by atomic mass is 9.92. The lowest BCUT2D eigenvalue weighted by Crippen LogP contribution is -2.18. The van der Waals surface area contributed by atoms with Gasteiger partial charge in [-0.15, -0.1) is 0 Å². The molecule has 21 heavy (non-hydrogen) atoms. The predicted octanol–water partition coefficient (Wildman–Crippen LogP) is 3.49. The van der Waals surface area contributed by atoms with Crippen LogP contribution in [0.5, 0.6) is 5.75 Å². The van der Waals surface area contributed by atoms with Crippen LogP contribution in [0.4, 0.5) is 0 Å². The van der Waals surface area contributed by atoms with E-state index in [9.17, 15) is 14.7 Å². The number of methoxy groups -OCH3 is 1. The van der Waals surface area contributed by atoms with Crippen LogP contribution in [0.1, 0.15) is 30.1 Å². The van der Waals surface area contributed by atoms with Crippen molar-refractivity contribution < 1.29 is 19.4 Å². The summed E-state index contributed by atoms with van der Waals surface area (Å²) in [6.07, 6.45) is 3.78. The number of carboxylic acid groups (broad SMARTS) is 1. The van der Waals surface area contributed by atoms with Gasteiger partial charge in [0.25, 0.3) is 0 Å². The summed E-state index contributed by atoms with van der Waals surface area (Å²) in [7, 11) is 1.55. The maximum Gasteiger partial charge on any atom is 0.307 e. The van der Waals surface area contributed by atoms with E-state index in [1.807, 2.05) is 6.92 Å². The Hall–Kier alpha value is -2.36. The highest BCUT2D eigenvalue weighted by Gasteiger charge is 2.22. The number of rotatable bonds is 8. The summed E-state index contributed by atoms with van der Waals surface area (Å²) in [5.74, 6) is -1.29. The van der Waals surface area contributed by atoms with E-state index in [2.05, 4.69) is 6.58 Å². The number of ether oxygens (including phenoxy) is 1. The van der Waals surface area contributed by atoms with Crippen molar-refractivity contribution in [2.45, 2.75) is 19.8 Å². The van der Waals surface area contributed by atoms with E-state index in [-0.39, 0.29) is 18.6 Å². The fourth-order valence-corrected chi connectivity index (χ4v) is 1.99. The van der Waals surface area contributed by atoms with Crippen LogP contribution in [0.3, 0.4) is 0 Å². The number of carbonyl (C=O) groups excluding carboxylic acids is 1. The Morgan fingerprint density at radius 2 is 1.90 bits per heavy atom. The topological polar surface area (TPSA) is 63.6 Å². The number of benzene rings is 1. The molecule has 1 N–H and O–H groups in total. The van der Waals surface area contributed by atoms with Gasteiger partial charge in [-0.2, -0.15) is 0 Å². The highest BCUT2D eigenvalue weighted by Crippen LogP contribution is 2.20. The Bertz CT molecular complexity index is 540. The van der Waals surface area contributed by atoms with Crippen molar-refractivity contribution in [3.8, 4) is 5.75 Å². The van der Waals surface area contributed by atoms with E-state index < -0.39 is 11.9 Å². The van der Waals surface area contributed by atoms with Crippen LogP contribution in [0.25, 0.3) is 0 Å². The average Bonchev–Trinajstić information content (AvgIpc) is 2.46. The Kier molecular flexibility index (Phi) is 6.40. The lowest BCUT2D eigenvalue weighted by Gasteiger charge is -2.12. The van der Waals surface area contributed by atoms with Crippen LogP contribution >= 0.6 is 0 Å². The Balaban J connectivity index is 2.75. The number of carbonyl (C=O) groups is 2. The maximum absolute atomic E-state index is 12.1. The smallest absolute Gasteiger partial charge is 0.307 e. The van der Waals surface area contributed by atoms with Crippen molar-refractivity contribution in [2.75, 3.05) is 7.11 Å². The third-order valence-corrected chi connectivity index (χ3v) is 3.10. The van der Waals surface area contributed by atoms with Gasteiger partial charge in [-0.1, -0.05) is 24.3 Å². The average molecular weight is 288 g/mol. The van der Waals surface area contributed by atoms with E-state index in [0.29, 0.717) is 16.9 Å². The molecule has 0 aliphatic heterocycles. The summed E-state index contributed by atoms with van der Waals surface area (Å²) in [5, 5.41) is 9.23. The fourth-order valence-electron chi connectivity index (χ4n) is 1.99. The normalized spacial score (nSPS) is 12.1. The molecule has 0 spiro atoms. The van der Waals surface area contributed by atoms with E-state index in [1.54, 1.807) is 43.5 Å². The van der Waals surface area contributed by atoms with Crippen molar-refractivity contribution in [1.82, 2.24) is 0 Å². The number of aliphatic carboxylic acids is 1. The molecule has 112 valence electrons. The first kappa shape index (κ1) is 16.7. The van der Waals surface area contributed by atoms with Crippen LogP contribution in [0, 0.1) is 5.92 Å². The van der Waals surface area contributed by atoms with Crippen molar-refractivity contribution in [2.24, 2.45) is 5.92 Å². The lowest BCUT2D eigenvalue weighted by molar-refractivity contribution is -0.141. The van der Waals surface area contributed by atoms with Gasteiger partial charge < -0.3 is 9.84 Å². The quantitative estimate of drug-likeness (QED) is 0.587. The van der Waals surface area contributed by atoms with Crippen molar-refractivity contribution >= 4 is 11.8 Å². The molecule has 1 aromatic rings. The first-order chi connectivity index (χ1) is 9.97. The molecule has 0 bridgehead atoms. The number of hydrogen-bond donors (Lipinski definition) is 1. The van der Waals surface area contributed by atoms with Crippen molar-refractivity contribution in [3.63, 3.8) is 0 Å². The van der Waals surface area contributed by atoms with Gasteiger partial charge in [0.05, 0.1) is 13.0 Å². The summed E-state index contributed by atoms with van der Waals surface area (Å²) >= 11 is 0. The number of allylic oxidation sites excluding steroid dienone is 3. The summed E-state index contributed by atoms with van der Waals surface area (Å²) < 4.78 is 5.02. The molecule has 4 nitrogen and oxygen atoms in total. The van der Waals surface area contributed by atoms with Gasteiger partial charge in [0.15, 0.2) is 5.78 Å². The minimum absolute atomic E-state index is 0.0434. The molecule has 0 amide bonds. The molecular formula is C17H20O4. The van der Waals surface area contributed by atoms with Gasteiger partial charge in [-0.25, -0.2) is 0 Å². The summed E-state index contributed by atoms with van der Waals surface area (Å²) in [6, 6.07) is 6.64. The molecule has 0 aliphatic rings.